The quantitative estimate of drug-likeness (QED) is 0.317. The molecule has 0 saturated heterocycles. The van der Waals surface area contributed by atoms with E-state index < -0.39 is 47.4 Å². The number of ether oxygens (including phenoxy) is 1. The molecule has 0 unspecified atom stereocenters. The summed E-state index contributed by atoms with van der Waals surface area (Å²) in [6.45, 7) is 5.60. The second kappa shape index (κ2) is 11.8. The van der Waals surface area contributed by atoms with Crippen molar-refractivity contribution in [2.75, 3.05) is 13.1 Å². The Kier molecular flexibility index (Phi) is 8.74. The molecule has 2 amide bonds. The zero-order valence-electron chi connectivity index (χ0n) is 22.1. The maximum Gasteiger partial charge on any atom is 0.407 e. The van der Waals surface area contributed by atoms with Crippen molar-refractivity contribution in [3.63, 3.8) is 0 Å². The SMILES string of the molecule is Cc1cn(CC(=O)N(CCNC(=O)OC(C)(C)C)[C@@H](Cc2cn(C=O)c3ccccc23)C(=O)O)c(=O)[nH]c1=O. The number of benzene rings is 1. The molecular formula is C26H31N5O8. The van der Waals surface area contributed by atoms with Gasteiger partial charge >= 0.3 is 17.8 Å². The van der Waals surface area contributed by atoms with Gasteiger partial charge in [-0.2, -0.15) is 0 Å². The summed E-state index contributed by atoms with van der Waals surface area (Å²) in [6, 6.07) is 5.52. The molecule has 3 aromatic rings. The number of hydrogen-bond acceptors (Lipinski definition) is 7. The number of nitrogens with zero attached hydrogens (tertiary/aromatic N) is 3. The number of alkyl carbamates (subject to hydrolysis) is 1. The third-order valence-corrected chi connectivity index (χ3v) is 5.85. The summed E-state index contributed by atoms with van der Waals surface area (Å²) in [5.41, 5.74) is -0.911. The van der Waals surface area contributed by atoms with Crippen molar-refractivity contribution in [2.24, 2.45) is 0 Å². The molecule has 2 aromatic heterocycles. The molecule has 1 atom stereocenters. The van der Waals surface area contributed by atoms with Crippen LogP contribution < -0.4 is 16.6 Å². The number of aliphatic carboxylic acids is 1. The fourth-order valence-corrected chi connectivity index (χ4v) is 4.09. The van der Waals surface area contributed by atoms with Crippen LogP contribution in [0.3, 0.4) is 0 Å². The predicted octanol–water partition coefficient (Wildman–Crippen LogP) is 0.887. The lowest BCUT2D eigenvalue weighted by molar-refractivity contribution is -0.150. The van der Waals surface area contributed by atoms with E-state index in [0.717, 1.165) is 9.47 Å². The highest BCUT2D eigenvalue weighted by Gasteiger charge is 2.31. The number of fused-ring (bicyclic) bond motifs is 1. The molecule has 39 heavy (non-hydrogen) atoms. The van der Waals surface area contributed by atoms with E-state index in [4.69, 9.17) is 4.74 Å². The van der Waals surface area contributed by atoms with Crippen LogP contribution in [0.2, 0.25) is 0 Å². The molecule has 0 aliphatic rings. The molecule has 3 N–H and O–H groups in total. The summed E-state index contributed by atoms with van der Waals surface area (Å²) in [4.78, 5) is 76.7. The second-order valence-corrected chi connectivity index (χ2v) is 9.96. The Balaban J connectivity index is 1.94. The fourth-order valence-electron chi connectivity index (χ4n) is 4.09. The Morgan fingerprint density at radius 3 is 2.51 bits per heavy atom. The highest BCUT2D eigenvalue weighted by atomic mass is 16.6. The molecule has 13 nitrogen and oxygen atoms in total. The Bertz CT molecular complexity index is 1510. The molecule has 2 heterocycles. The van der Waals surface area contributed by atoms with Crippen LogP contribution in [0, 0.1) is 6.92 Å². The second-order valence-electron chi connectivity index (χ2n) is 9.96. The molecule has 208 valence electrons. The minimum atomic E-state index is -1.41. The third-order valence-electron chi connectivity index (χ3n) is 5.85. The van der Waals surface area contributed by atoms with Crippen molar-refractivity contribution in [1.82, 2.24) is 24.3 Å². The van der Waals surface area contributed by atoms with Gasteiger partial charge in [-0.3, -0.25) is 28.5 Å². The molecular weight excluding hydrogens is 510 g/mol. The Hall–Kier alpha value is -4.68. The zero-order chi connectivity index (χ0) is 28.9. The van der Waals surface area contributed by atoms with Crippen molar-refractivity contribution in [1.29, 1.82) is 0 Å². The van der Waals surface area contributed by atoms with E-state index in [9.17, 15) is 33.9 Å². The largest absolute Gasteiger partial charge is 0.480 e. The van der Waals surface area contributed by atoms with Crippen LogP contribution in [0.1, 0.15) is 31.9 Å². The number of para-hydroxylation sites is 1. The fraction of sp³-hybridized carbons (Fsp3) is 0.385. The maximum atomic E-state index is 13.4. The van der Waals surface area contributed by atoms with Gasteiger partial charge in [0.25, 0.3) is 5.56 Å². The minimum Gasteiger partial charge on any atom is -0.480 e. The van der Waals surface area contributed by atoms with E-state index in [2.05, 4.69) is 10.3 Å². The predicted molar refractivity (Wildman–Crippen MR) is 141 cm³/mol. The van der Waals surface area contributed by atoms with Gasteiger partial charge in [-0.05, 0) is 39.3 Å². The highest BCUT2D eigenvalue weighted by Crippen LogP contribution is 2.23. The van der Waals surface area contributed by atoms with Gasteiger partial charge in [0.15, 0.2) is 0 Å². The number of aromatic amines is 1. The molecule has 0 spiro atoms. The van der Waals surface area contributed by atoms with E-state index in [1.54, 1.807) is 45.0 Å². The van der Waals surface area contributed by atoms with E-state index in [1.807, 2.05) is 0 Å². The number of carbonyl (C=O) groups is 4. The Labute approximate surface area is 223 Å². The Morgan fingerprint density at radius 1 is 1.18 bits per heavy atom. The normalized spacial score (nSPS) is 12.1. The van der Waals surface area contributed by atoms with Crippen molar-refractivity contribution < 1.29 is 29.0 Å². The number of aryl methyl sites for hydroxylation is 1. The van der Waals surface area contributed by atoms with Crippen LogP contribution in [0.4, 0.5) is 4.79 Å². The molecule has 0 saturated carbocycles. The molecule has 0 aliphatic heterocycles. The van der Waals surface area contributed by atoms with Crippen LogP contribution in [-0.2, 0) is 32.1 Å². The van der Waals surface area contributed by atoms with Gasteiger partial charge in [0.05, 0.1) is 5.52 Å². The van der Waals surface area contributed by atoms with Gasteiger partial charge in [0, 0.05) is 42.9 Å². The molecule has 1 aromatic carbocycles. The molecule has 3 rings (SSSR count). The van der Waals surface area contributed by atoms with E-state index >= 15 is 0 Å². The first-order valence-electron chi connectivity index (χ1n) is 12.1. The summed E-state index contributed by atoms with van der Waals surface area (Å²) >= 11 is 0. The van der Waals surface area contributed by atoms with Crippen molar-refractivity contribution in [3.05, 3.63) is 68.6 Å². The summed E-state index contributed by atoms with van der Waals surface area (Å²) in [5.74, 6) is -2.06. The summed E-state index contributed by atoms with van der Waals surface area (Å²) in [7, 11) is 0. The lowest BCUT2D eigenvalue weighted by atomic mass is 10.0. The number of carboxylic acid groups (broad SMARTS) is 1. The number of rotatable bonds is 10. The number of aromatic nitrogens is 3. The lowest BCUT2D eigenvalue weighted by Crippen LogP contribution is -2.51. The topological polar surface area (TPSA) is 173 Å². The first-order valence-corrected chi connectivity index (χ1v) is 12.1. The van der Waals surface area contributed by atoms with Gasteiger partial charge in [-0.1, -0.05) is 18.2 Å². The monoisotopic (exact) mass is 541 g/mol. The van der Waals surface area contributed by atoms with Gasteiger partial charge < -0.3 is 20.1 Å². The van der Waals surface area contributed by atoms with Crippen LogP contribution in [0.15, 0.2) is 46.2 Å². The average Bonchev–Trinajstić information content (AvgIpc) is 3.20. The van der Waals surface area contributed by atoms with Crippen LogP contribution in [-0.4, -0.2) is 73.2 Å². The van der Waals surface area contributed by atoms with E-state index in [1.165, 1.54) is 23.9 Å². The number of carbonyl (C=O) groups excluding carboxylic acids is 3. The van der Waals surface area contributed by atoms with Gasteiger partial charge in [-0.15, -0.1) is 0 Å². The average molecular weight is 542 g/mol. The zero-order valence-corrected chi connectivity index (χ0v) is 22.1. The van der Waals surface area contributed by atoms with Crippen LogP contribution in [0.25, 0.3) is 10.9 Å². The number of amides is 2. The number of H-pyrrole nitrogens is 1. The van der Waals surface area contributed by atoms with Crippen molar-refractivity contribution in [3.8, 4) is 0 Å². The number of nitrogens with one attached hydrogen (secondary N) is 2. The summed E-state index contributed by atoms with van der Waals surface area (Å²) in [6.07, 6.45) is 2.41. The summed E-state index contributed by atoms with van der Waals surface area (Å²) < 4.78 is 7.50. The Morgan fingerprint density at radius 2 is 1.87 bits per heavy atom. The van der Waals surface area contributed by atoms with Crippen molar-refractivity contribution >= 4 is 35.3 Å². The molecule has 0 bridgehead atoms. The maximum absolute atomic E-state index is 13.4. The standard InChI is InChI=1S/C26H31N5O8/c1-16-12-29(24(37)28-22(16)34)14-21(33)31(10-9-27-25(38)39-26(2,3)4)20(23(35)36)11-17-13-30(15-32)19-8-6-5-7-18(17)19/h5-8,12-13,15,20H,9-11,14H2,1-4H3,(H,27,38)(H,35,36)(H,28,34,37)/t20-/m0/s1. The van der Waals surface area contributed by atoms with Crippen molar-refractivity contribution in [2.45, 2.75) is 52.3 Å². The first kappa shape index (κ1) is 28.9. The summed E-state index contributed by atoms with van der Waals surface area (Å²) in [5, 5.41) is 13.3. The molecule has 13 heteroatoms. The number of carboxylic acids is 1. The van der Waals surface area contributed by atoms with E-state index in [0.29, 0.717) is 22.9 Å². The third kappa shape index (κ3) is 7.21. The molecule has 0 fully saturated rings. The molecule has 0 radical (unpaired) electrons. The van der Waals surface area contributed by atoms with Crippen LogP contribution >= 0.6 is 0 Å². The van der Waals surface area contributed by atoms with Crippen LogP contribution in [0.5, 0.6) is 0 Å². The van der Waals surface area contributed by atoms with E-state index in [-0.39, 0.29) is 25.1 Å². The smallest absolute Gasteiger partial charge is 0.407 e. The number of hydrogen-bond donors (Lipinski definition) is 3. The van der Waals surface area contributed by atoms with Gasteiger partial charge in [0.1, 0.15) is 18.2 Å². The lowest BCUT2D eigenvalue weighted by Gasteiger charge is -2.29. The highest BCUT2D eigenvalue weighted by molar-refractivity contribution is 5.90. The first-order chi connectivity index (χ1) is 18.3. The molecule has 0 aliphatic carbocycles. The van der Waals surface area contributed by atoms with Gasteiger partial charge in [-0.25, -0.2) is 14.4 Å². The minimum absolute atomic E-state index is 0.139. The van der Waals surface area contributed by atoms with Gasteiger partial charge in [0.2, 0.25) is 12.3 Å².